The summed E-state index contributed by atoms with van der Waals surface area (Å²) in [7, 11) is 1.47. The summed E-state index contributed by atoms with van der Waals surface area (Å²) in [6, 6.07) is 14.4. The minimum absolute atomic E-state index is 0.0169. The first kappa shape index (κ1) is 27.7. The van der Waals surface area contributed by atoms with Gasteiger partial charge in [-0.15, -0.1) is 0 Å². The molecule has 5 N–H and O–H groups in total. The molecule has 0 bridgehead atoms. The Kier molecular flexibility index (Phi) is 9.36. The average molecular weight is 520 g/mol. The third-order valence-corrected chi connectivity index (χ3v) is 5.48. The molecular formula is C27H29N5O6. The van der Waals surface area contributed by atoms with Gasteiger partial charge < -0.3 is 31.1 Å². The second-order valence-corrected chi connectivity index (χ2v) is 8.48. The third-order valence-electron chi connectivity index (χ3n) is 5.48. The summed E-state index contributed by atoms with van der Waals surface area (Å²) < 4.78 is 5.39. The predicted octanol–water partition coefficient (Wildman–Crippen LogP) is 3.88. The molecular weight excluding hydrogens is 490 g/mol. The van der Waals surface area contributed by atoms with E-state index in [0.29, 0.717) is 28.3 Å². The van der Waals surface area contributed by atoms with Crippen molar-refractivity contribution in [1.82, 2.24) is 10.3 Å². The number of hydrogen-bond donors (Lipinski definition) is 5. The van der Waals surface area contributed by atoms with E-state index in [1.54, 1.807) is 30.3 Å². The van der Waals surface area contributed by atoms with Crippen molar-refractivity contribution in [2.24, 2.45) is 0 Å². The molecule has 1 unspecified atom stereocenters. The van der Waals surface area contributed by atoms with Crippen molar-refractivity contribution in [2.75, 3.05) is 23.1 Å². The van der Waals surface area contributed by atoms with E-state index in [4.69, 9.17) is 9.84 Å². The van der Waals surface area contributed by atoms with Gasteiger partial charge in [0.05, 0.1) is 31.7 Å². The molecule has 1 atom stereocenters. The summed E-state index contributed by atoms with van der Waals surface area (Å²) in [4.78, 5) is 51.7. The SMILES string of the molecule is COc1cc(CC(=O)Nc2ccc(C(CC(=O)O)NC(C)=O)cn2)ccc1NC(=O)Nc1ccccc1C. The molecule has 4 amide bonds. The van der Waals surface area contributed by atoms with Crippen molar-refractivity contribution in [3.8, 4) is 5.75 Å². The van der Waals surface area contributed by atoms with E-state index in [-0.39, 0.29) is 30.5 Å². The molecule has 11 heteroatoms. The summed E-state index contributed by atoms with van der Waals surface area (Å²) in [6.45, 7) is 3.19. The van der Waals surface area contributed by atoms with Gasteiger partial charge in [-0.1, -0.05) is 30.3 Å². The van der Waals surface area contributed by atoms with Crippen LogP contribution in [0.4, 0.5) is 22.0 Å². The molecule has 0 spiro atoms. The number of nitrogens with one attached hydrogen (secondary N) is 4. The number of carboxylic acids is 1. The van der Waals surface area contributed by atoms with Crippen LogP contribution in [-0.4, -0.2) is 41.0 Å². The van der Waals surface area contributed by atoms with Crippen molar-refractivity contribution in [2.45, 2.75) is 32.7 Å². The number of benzene rings is 2. The Hall–Kier alpha value is -4.93. The van der Waals surface area contributed by atoms with E-state index in [1.807, 2.05) is 25.1 Å². The average Bonchev–Trinajstić information content (AvgIpc) is 2.86. The van der Waals surface area contributed by atoms with Crippen molar-refractivity contribution in [1.29, 1.82) is 0 Å². The second-order valence-electron chi connectivity index (χ2n) is 8.48. The number of ether oxygens (including phenoxy) is 1. The highest BCUT2D eigenvalue weighted by molar-refractivity contribution is 6.01. The van der Waals surface area contributed by atoms with Crippen molar-refractivity contribution >= 4 is 41.0 Å². The van der Waals surface area contributed by atoms with Crippen molar-refractivity contribution in [3.05, 3.63) is 77.5 Å². The van der Waals surface area contributed by atoms with E-state index in [2.05, 4.69) is 26.3 Å². The second kappa shape index (κ2) is 12.9. The van der Waals surface area contributed by atoms with Gasteiger partial charge >= 0.3 is 12.0 Å². The number of urea groups is 1. The fourth-order valence-electron chi connectivity index (χ4n) is 3.67. The maximum absolute atomic E-state index is 12.6. The van der Waals surface area contributed by atoms with Crippen LogP contribution in [0.15, 0.2) is 60.8 Å². The smallest absolute Gasteiger partial charge is 0.323 e. The summed E-state index contributed by atoms with van der Waals surface area (Å²) in [6.07, 6.45) is 1.13. The molecule has 0 aliphatic rings. The number of nitrogens with zero attached hydrogens (tertiary/aromatic N) is 1. The first-order valence-corrected chi connectivity index (χ1v) is 11.7. The minimum Gasteiger partial charge on any atom is -0.495 e. The molecule has 198 valence electrons. The Labute approximate surface area is 219 Å². The first-order valence-electron chi connectivity index (χ1n) is 11.7. The molecule has 0 saturated heterocycles. The van der Waals surface area contributed by atoms with E-state index in [0.717, 1.165) is 5.56 Å². The van der Waals surface area contributed by atoms with Gasteiger partial charge in [-0.2, -0.15) is 0 Å². The van der Waals surface area contributed by atoms with Crippen molar-refractivity contribution < 1.29 is 29.0 Å². The number of carbonyl (C=O) groups is 4. The van der Waals surface area contributed by atoms with E-state index in [1.165, 1.54) is 26.3 Å². The quantitative estimate of drug-likeness (QED) is 0.272. The van der Waals surface area contributed by atoms with Crippen LogP contribution in [0.5, 0.6) is 5.75 Å². The molecule has 0 aliphatic carbocycles. The Morgan fingerprint density at radius 1 is 0.974 bits per heavy atom. The molecule has 3 aromatic rings. The zero-order valence-corrected chi connectivity index (χ0v) is 21.2. The number of carbonyl (C=O) groups excluding carboxylic acids is 3. The molecule has 2 aromatic carbocycles. The lowest BCUT2D eigenvalue weighted by molar-refractivity contribution is -0.137. The van der Waals surface area contributed by atoms with Crippen LogP contribution in [0.2, 0.25) is 0 Å². The zero-order valence-electron chi connectivity index (χ0n) is 21.2. The molecule has 0 radical (unpaired) electrons. The molecule has 38 heavy (non-hydrogen) atoms. The Bertz CT molecular complexity index is 1310. The van der Waals surface area contributed by atoms with Gasteiger partial charge in [0.2, 0.25) is 11.8 Å². The number of aliphatic carboxylic acids is 1. The number of aryl methyl sites for hydroxylation is 1. The number of rotatable bonds is 10. The Balaban J connectivity index is 1.61. The van der Waals surface area contributed by atoms with Crippen LogP contribution in [0.3, 0.4) is 0 Å². The van der Waals surface area contributed by atoms with Crippen LogP contribution in [-0.2, 0) is 20.8 Å². The minimum atomic E-state index is -1.07. The maximum atomic E-state index is 12.6. The summed E-state index contributed by atoms with van der Waals surface area (Å²) in [5, 5.41) is 19.9. The standard InChI is InChI=1S/C27H29N5O6/c1-16-6-4-5-7-20(16)30-27(37)31-21-10-8-18(12-23(21)38-3)13-25(34)32-24-11-9-19(15-28-24)22(14-26(35)36)29-17(2)33/h4-12,15,22H,13-14H2,1-3H3,(H,29,33)(H,35,36)(H,28,32,34)(H2,30,31,37). The van der Waals surface area contributed by atoms with Crippen LogP contribution in [0, 0.1) is 6.92 Å². The number of methoxy groups -OCH3 is 1. The number of hydrogen-bond acceptors (Lipinski definition) is 6. The van der Waals surface area contributed by atoms with Crippen molar-refractivity contribution in [3.63, 3.8) is 0 Å². The summed E-state index contributed by atoms with van der Waals surface area (Å²) in [5.41, 5.74) is 3.20. The Morgan fingerprint density at radius 3 is 2.34 bits per heavy atom. The monoisotopic (exact) mass is 519 g/mol. The van der Waals surface area contributed by atoms with Crippen LogP contribution in [0.1, 0.15) is 36.1 Å². The summed E-state index contributed by atoms with van der Waals surface area (Å²) in [5.74, 6) is -1.11. The normalized spacial score (nSPS) is 11.1. The van der Waals surface area contributed by atoms with Gasteiger partial charge in [-0.3, -0.25) is 14.4 Å². The van der Waals surface area contributed by atoms with Gasteiger partial charge in [0.1, 0.15) is 11.6 Å². The van der Waals surface area contributed by atoms with Crippen LogP contribution < -0.4 is 26.0 Å². The lowest BCUT2D eigenvalue weighted by Crippen LogP contribution is -2.28. The highest BCUT2D eigenvalue weighted by Gasteiger charge is 2.17. The van der Waals surface area contributed by atoms with Gasteiger partial charge in [-0.25, -0.2) is 9.78 Å². The van der Waals surface area contributed by atoms with Crippen LogP contribution in [0.25, 0.3) is 0 Å². The van der Waals surface area contributed by atoms with Gasteiger partial charge in [-0.05, 0) is 47.9 Å². The number of anilines is 3. The number of pyridine rings is 1. The first-order chi connectivity index (χ1) is 18.1. The van der Waals surface area contributed by atoms with Gasteiger partial charge in [0.15, 0.2) is 0 Å². The topological polar surface area (TPSA) is 159 Å². The highest BCUT2D eigenvalue weighted by atomic mass is 16.5. The molecule has 0 aliphatic heterocycles. The molecule has 1 heterocycles. The third kappa shape index (κ3) is 8.05. The number of carboxylic acid groups (broad SMARTS) is 1. The molecule has 0 saturated carbocycles. The fourth-order valence-corrected chi connectivity index (χ4v) is 3.67. The van der Waals surface area contributed by atoms with E-state index < -0.39 is 18.0 Å². The predicted molar refractivity (Wildman–Crippen MR) is 142 cm³/mol. The number of para-hydroxylation sites is 1. The maximum Gasteiger partial charge on any atom is 0.323 e. The van der Waals surface area contributed by atoms with Crippen LogP contribution >= 0.6 is 0 Å². The molecule has 11 nitrogen and oxygen atoms in total. The molecule has 1 aromatic heterocycles. The molecule has 3 rings (SSSR count). The highest BCUT2D eigenvalue weighted by Crippen LogP contribution is 2.26. The van der Waals surface area contributed by atoms with Gasteiger partial charge in [0.25, 0.3) is 0 Å². The Morgan fingerprint density at radius 2 is 1.71 bits per heavy atom. The summed E-state index contributed by atoms with van der Waals surface area (Å²) >= 11 is 0. The number of amides is 4. The van der Waals surface area contributed by atoms with E-state index in [9.17, 15) is 19.2 Å². The largest absolute Gasteiger partial charge is 0.495 e. The van der Waals surface area contributed by atoms with E-state index >= 15 is 0 Å². The zero-order chi connectivity index (χ0) is 27.7. The molecule has 0 fully saturated rings. The lowest BCUT2D eigenvalue weighted by atomic mass is 10.1. The number of aromatic nitrogens is 1. The lowest BCUT2D eigenvalue weighted by Gasteiger charge is -2.16. The van der Waals surface area contributed by atoms with Gasteiger partial charge in [0, 0.05) is 18.8 Å². The fraction of sp³-hybridized carbons (Fsp3) is 0.222.